The molecule has 0 saturated heterocycles. The second-order valence-electron chi connectivity index (χ2n) is 5.44. The summed E-state index contributed by atoms with van der Waals surface area (Å²) in [6, 6.07) is 13.7. The van der Waals surface area contributed by atoms with E-state index < -0.39 is 6.10 Å². The molecule has 0 aromatic heterocycles. The lowest BCUT2D eigenvalue weighted by atomic mass is 10.0. The maximum absolute atomic E-state index is 12.9. The minimum Gasteiger partial charge on any atom is -0.481 e. The van der Waals surface area contributed by atoms with Gasteiger partial charge < -0.3 is 9.64 Å². The van der Waals surface area contributed by atoms with Gasteiger partial charge >= 0.3 is 0 Å². The van der Waals surface area contributed by atoms with Gasteiger partial charge in [0.1, 0.15) is 11.6 Å². The van der Waals surface area contributed by atoms with Crippen LogP contribution in [0.2, 0.25) is 0 Å². The summed E-state index contributed by atoms with van der Waals surface area (Å²) in [6.45, 7) is 2.43. The van der Waals surface area contributed by atoms with E-state index in [4.69, 9.17) is 4.74 Å². The maximum atomic E-state index is 12.9. The Bertz CT molecular complexity index is 669. The van der Waals surface area contributed by atoms with Gasteiger partial charge in [0, 0.05) is 12.2 Å². The van der Waals surface area contributed by atoms with E-state index in [1.54, 1.807) is 11.8 Å². The molecule has 0 bridgehead atoms. The fraction of sp³-hybridized carbons (Fsp3) is 0.278. The average molecular weight is 299 g/mol. The Morgan fingerprint density at radius 3 is 2.68 bits per heavy atom. The van der Waals surface area contributed by atoms with E-state index in [-0.39, 0.29) is 11.7 Å². The third-order valence-electron chi connectivity index (χ3n) is 3.85. The smallest absolute Gasteiger partial charge is 0.267 e. The zero-order chi connectivity index (χ0) is 15.5. The van der Waals surface area contributed by atoms with Crippen LogP contribution in [-0.4, -0.2) is 18.6 Å². The van der Waals surface area contributed by atoms with Gasteiger partial charge in [-0.15, -0.1) is 0 Å². The number of amides is 1. The highest BCUT2D eigenvalue weighted by Gasteiger charge is 2.27. The van der Waals surface area contributed by atoms with Crippen LogP contribution in [0.15, 0.2) is 48.5 Å². The number of rotatable bonds is 3. The number of halogens is 1. The highest BCUT2D eigenvalue weighted by atomic mass is 19.1. The molecule has 1 atom stereocenters. The van der Waals surface area contributed by atoms with Crippen molar-refractivity contribution in [1.29, 1.82) is 0 Å². The van der Waals surface area contributed by atoms with E-state index >= 15 is 0 Å². The summed E-state index contributed by atoms with van der Waals surface area (Å²) in [6.07, 6.45) is 1.33. The molecule has 3 rings (SSSR count). The fourth-order valence-corrected chi connectivity index (χ4v) is 2.75. The summed E-state index contributed by atoms with van der Waals surface area (Å²) >= 11 is 0. The zero-order valence-corrected chi connectivity index (χ0v) is 12.5. The fourth-order valence-electron chi connectivity index (χ4n) is 2.75. The number of nitrogens with zero attached hydrogens (tertiary/aromatic N) is 1. The number of fused-ring (bicyclic) bond motifs is 1. The molecular weight excluding hydrogens is 281 g/mol. The van der Waals surface area contributed by atoms with Gasteiger partial charge in [0.25, 0.3) is 5.91 Å². The number of carbonyl (C=O) groups excluding carboxylic acids is 1. The van der Waals surface area contributed by atoms with Crippen LogP contribution in [0.3, 0.4) is 0 Å². The van der Waals surface area contributed by atoms with Crippen LogP contribution in [0.5, 0.6) is 5.75 Å². The van der Waals surface area contributed by atoms with Gasteiger partial charge in [0.05, 0.1) is 0 Å². The summed E-state index contributed by atoms with van der Waals surface area (Å²) in [7, 11) is 0. The van der Waals surface area contributed by atoms with Crippen molar-refractivity contribution in [3.63, 3.8) is 0 Å². The van der Waals surface area contributed by atoms with Crippen LogP contribution in [-0.2, 0) is 11.2 Å². The predicted molar refractivity (Wildman–Crippen MR) is 83.6 cm³/mol. The lowest BCUT2D eigenvalue weighted by molar-refractivity contribution is -0.124. The Morgan fingerprint density at radius 2 is 1.91 bits per heavy atom. The number of aryl methyl sites for hydroxylation is 1. The summed E-state index contributed by atoms with van der Waals surface area (Å²) in [5, 5.41) is 0. The normalized spacial score (nSPS) is 15.1. The third kappa shape index (κ3) is 2.96. The predicted octanol–water partition coefficient (Wildman–Crippen LogP) is 3.57. The van der Waals surface area contributed by atoms with Crippen LogP contribution >= 0.6 is 0 Å². The van der Waals surface area contributed by atoms with Gasteiger partial charge in [-0.2, -0.15) is 0 Å². The minimum atomic E-state index is -0.614. The van der Waals surface area contributed by atoms with E-state index in [2.05, 4.69) is 6.07 Å². The third-order valence-corrected chi connectivity index (χ3v) is 3.85. The quantitative estimate of drug-likeness (QED) is 0.867. The molecule has 1 aliphatic rings. The lowest BCUT2D eigenvalue weighted by Gasteiger charge is -2.31. The molecule has 1 amide bonds. The first-order valence-corrected chi connectivity index (χ1v) is 7.46. The first-order valence-electron chi connectivity index (χ1n) is 7.46. The zero-order valence-electron chi connectivity index (χ0n) is 12.5. The molecular formula is C18H18FNO2. The standard InChI is InChI=1S/C18H18FNO2/c1-13(22-16-10-8-15(19)9-11-16)18(21)20-12-4-6-14-5-2-3-7-17(14)20/h2-3,5,7-11,13H,4,6,12H2,1H3/t13-/m1/s1. The highest BCUT2D eigenvalue weighted by molar-refractivity contribution is 5.97. The highest BCUT2D eigenvalue weighted by Crippen LogP contribution is 2.27. The number of para-hydroxylation sites is 1. The number of hydrogen-bond acceptors (Lipinski definition) is 2. The summed E-state index contributed by atoms with van der Waals surface area (Å²) in [5.41, 5.74) is 2.16. The Labute approximate surface area is 129 Å². The molecule has 0 unspecified atom stereocenters. The second-order valence-corrected chi connectivity index (χ2v) is 5.44. The molecule has 0 fully saturated rings. The second kappa shape index (κ2) is 6.18. The van der Waals surface area contributed by atoms with Gasteiger partial charge in [-0.3, -0.25) is 4.79 Å². The average Bonchev–Trinajstić information content (AvgIpc) is 2.55. The van der Waals surface area contributed by atoms with Crippen molar-refractivity contribution in [3.05, 3.63) is 59.9 Å². The van der Waals surface area contributed by atoms with Crippen molar-refractivity contribution in [1.82, 2.24) is 0 Å². The lowest BCUT2D eigenvalue weighted by Crippen LogP contribution is -2.43. The van der Waals surface area contributed by atoms with Crippen molar-refractivity contribution in [2.75, 3.05) is 11.4 Å². The Morgan fingerprint density at radius 1 is 1.18 bits per heavy atom. The molecule has 0 N–H and O–H groups in total. The van der Waals surface area contributed by atoms with Crippen molar-refractivity contribution in [2.45, 2.75) is 25.9 Å². The van der Waals surface area contributed by atoms with E-state index in [0.29, 0.717) is 12.3 Å². The SMILES string of the molecule is C[C@@H](Oc1ccc(F)cc1)C(=O)N1CCCc2ccccc21. The van der Waals surface area contributed by atoms with Gasteiger partial charge in [0.15, 0.2) is 6.10 Å². The first-order chi connectivity index (χ1) is 10.6. The minimum absolute atomic E-state index is 0.0727. The topological polar surface area (TPSA) is 29.5 Å². The van der Waals surface area contributed by atoms with Crippen LogP contribution in [0.25, 0.3) is 0 Å². The molecule has 2 aromatic carbocycles. The van der Waals surface area contributed by atoms with Crippen molar-refractivity contribution < 1.29 is 13.9 Å². The van der Waals surface area contributed by atoms with E-state index in [1.165, 1.54) is 29.8 Å². The molecule has 1 heterocycles. The molecule has 22 heavy (non-hydrogen) atoms. The Kier molecular flexibility index (Phi) is 4.09. The van der Waals surface area contributed by atoms with Crippen LogP contribution in [0.4, 0.5) is 10.1 Å². The maximum Gasteiger partial charge on any atom is 0.267 e. The van der Waals surface area contributed by atoms with Crippen LogP contribution in [0, 0.1) is 5.82 Å². The number of anilines is 1. The van der Waals surface area contributed by atoms with Crippen LogP contribution < -0.4 is 9.64 Å². The molecule has 0 spiro atoms. The molecule has 1 aliphatic heterocycles. The Hall–Kier alpha value is -2.36. The molecule has 2 aromatic rings. The molecule has 0 radical (unpaired) electrons. The van der Waals surface area contributed by atoms with Crippen molar-refractivity contribution >= 4 is 11.6 Å². The Balaban J connectivity index is 1.75. The van der Waals surface area contributed by atoms with Crippen molar-refractivity contribution in [3.8, 4) is 5.75 Å². The molecule has 4 heteroatoms. The van der Waals surface area contributed by atoms with Gasteiger partial charge in [-0.05, 0) is 55.7 Å². The number of hydrogen-bond donors (Lipinski definition) is 0. The summed E-state index contributed by atoms with van der Waals surface area (Å²) in [5.74, 6) is 0.0975. The van der Waals surface area contributed by atoms with Crippen molar-refractivity contribution in [2.24, 2.45) is 0 Å². The summed E-state index contributed by atoms with van der Waals surface area (Å²) < 4.78 is 18.5. The monoisotopic (exact) mass is 299 g/mol. The molecule has 0 saturated carbocycles. The van der Waals surface area contributed by atoms with Gasteiger partial charge in [-0.1, -0.05) is 18.2 Å². The molecule has 114 valence electrons. The first kappa shape index (κ1) is 14.6. The van der Waals surface area contributed by atoms with E-state index in [0.717, 1.165) is 18.5 Å². The number of carbonyl (C=O) groups is 1. The van der Waals surface area contributed by atoms with Gasteiger partial charge in [0.2, 0.25) is 0 Å². The number of benzene rings is 2. The largest absolute Gasteiger partial charge is 0.481 e. The van der Waals surface area contributed by atoms with E-state index in [1.807, 2.05) is 18.2 Å². The summed E-state index contributed by atoms with van der Waals surface area (Å²) in [4.78, 5) is 14.4. The van der Waals surface area contributed by atoms with Crippen LogP contribution in [0.1, 0.15) is 18.9 Å². The number of ether oxygens (including phenoxy) is 1. The van der Waals surface area contributed by atoms with Gasteiger partial charge in [-0.25, -0.2) is 4.39 Å². The van der Waals surface area contributed by atoms with E-state index in [9.17, 15) is 9.18 Å². The molecule has 0 aliphatic carbocycles. The molecule has 3 nitrogen and oxygen atoms in total.